The van der Waals surface area contributed by atoms with Gasteiger partial charge in [0.15, 0.2) is 24.8 Å². The molecule has 0 radical (unpaired) electrons. The number of azide groups is 1. The molecule has 0 amide bonds. The van der Waals surface area contributed by atoms with Gasteiger partial charge in [-0.1, -0.05) is 114 Å². The van der Waals surface area contributed by atoms with E-state index in [1.807, 2.05) is 103 Å². The largest absolute Gasteiger partial charge is 0.497 e. The number of carbonyl (C=O) groups excluding carboxylic acids is 2. The molecule has 0 N–H and O–H groups in total. The van der Waals surface area contributed by atoms with Gasteiger partial charge in [-0.05, 0) is 39.9 Å². The summed E-state index contributed by atoms with van der Waals surface area (Å²) in [5, 5.41) is 4.09. The van der Waals surface area contributed by atoms with Gasteiger partial charge in [-0.25, -0.2) is 4.79 Å². The van der Waals surface area contributed by atoms with E-state index in [0.29, 0.717) is 5.75 Å². The summed E-state index contributed by atoms with van der Waals surface area (Å²) in [7, 11) is 2.79. The van der Waals surface area contributed by atoms with E-state index in [4.69, 9.17) is 52.1 Å². The summed E-state index contributed by atoms with van der Waals surface area (Å²) in [6.07, 6.45) is -9.63. The SMILES string of the molecule is C=CCO[C@H]1O[C@H](COCc2ccccc2)[C@@H](O[C@@H]2O[C@@H](C(=O)OC)[C@@H](OCc3ccc(OC)cc3)[C@H](OCc3ccccc3)[C@H]2OC(C)=O)[C@H](OCc2ccccc2)[C@H]1N=[N+]=[N-]. The summed E-state index contributed by atoms with van der Waals surface area (Å²) in [6.45, 7) is 5.27. The van der Waals surface area contributed by atoms with Crippen LogP contribution in [0, 0.1) is 0 Å². The maximum absolute atomic E-state index is 13.8. The monoisotopic (exact) mass is 867 g/mol. The molecule has 0 bridgehead atoms. The molecular formula is C47H53N3O13. The molecule has 0 unspecified atom stereocenters. The molecule has 16 nitrogen and oxygen atoms in total. The van der Waals surface area contributed by atoms with Crippen molar-refractivity contribution in [3.63, 3.8) is 0 Å². The summed E-state index contributed by atoms with van der Waals surface area (Å²) < 4.78 is 68.4. The van der Waals surface area contributed by atoms with Gasteiger partial charge in [0.2, 0.25) is 0 Å². The Morgan fingerprint density at radius 3 is 1.78 bits per heavy atom. The normalized spacial score (nSPS) is 25.6. The van der Waals surface area contributed by atoms with Crippen molar-refractivity contribution in [2.45, 2.75) is 94.7 Å². The van der Waals surface area contributed by atoms with Crippen LogP contribution in [-0.4, -0.2) is 101 Å². The van der Waals surface area contributed by atoms with E-state index >= 15 is 0 Å². The molecule has 334 valence electrons. The third-order valence-corrected chi connectivity index (χ3v) is 10.3. The van der Waals surface area contributed by atoms with Gasteiger partial charge in [0, 0.05) is 11.8 Å². The first-order valence-electron chi connectivity index (χ1n) is 20.5. The Labute approximate surface area is 366 Å². The molecular weight excluding hydrogens is 815 g/mol. The van der Waals surface area contributed by atoms with E-state index in [1.165, 1.54) is 20.1 Å². The third kappa shape index (κ3) is 13.2. The van der Waals surface area contributed by atoms with Crippen molar-refractivity contribution >= 4 is 11.9 Å². The lowest BCUT2D eigenvalue weighted by Gasteiger charge is -2.49. The van der Waals surface area contributed by atoms with Crippen LogP contribution in [0.2, 0.25) is 0 Å². The quantitative estimate of drug-likeness (QED) is 0.0265. The van der Waals surface area contributed by atoms with Gasteiger partial charge in [-0.2, -0.15) is 0 Å². The molecule has 6 rings (SSSR count). The Kier molecular flexibility index (Phi) is 18.0. The number of rotatable bonds is 22. The topological polar surface area (TPSA) is 184 Å². The van der Waals surface area contributed by atoms with Gasteiger partial charge in [0.25, 0.3) is 0 Å². The lowest BCUT2D eigenvalue weighted by molar-refractivity contribution is -0.353. The maximum atomic E-state index is 13.8. The fourth-order valence-electron chi connectivity index (χ4n) is 7.25. The highest BCUT2D eigenvalue weighted by atomic mass is 16.8. The van der Waals surface area contributed by atoms with E-state index < -0.39 is 73.3 Å². The molecule has 0 saturated carbocycles. The zero-order valence-corrected chi connectivity index (χ0v) is 35.4. The zero-order chi connectivity index (χ0) is 44.4. The summed E-state index contributed by atoms with van der Waals surface area (Å²) >= 11 is 0. The van der Waals surface area contributed by atoms with Crippen molar-refractivity contribution in [1.29, 1.82) is 0 Å². The lowest BCUT2D eigenvalue weighted by Crippen LogP contribution is -2.66. The standard InChI is InChI=1S/C47H53N3O13/c1-5-25-56-46-38(49-50-48)40(57-27-33-17-11-7-12-18-33)39(37(61-46)30-55-26-32-15-9-6-10-16-32)62-47-44(60-31(2)51)42(59-28-34-19-13-8-14-20-34)41(43(63-47)45(52)54-4)58-29-35-21-23-36(53-3)24-22-35/h5-24,37-44,46-47H,1,25-30H2,2-4H3/t37-,38-,39-,40-,41+,42+,43-,44-,46+,47-/m1/s1. The summed E-state index contributed by atoms with van der Waals surface area (Å²) in [5.41, 5.74) is 13.1. The fraction of sp³-hybridized carbons (Fsp3) is 0.404. The molecule has 2 aliphatic heterocycles. The van der Waals surface area contributed by atoms with Crippen LogP contribution in [0.25, 0.3) is 10.4 Å². The molecule has 2 fully saturated rings. The van der Waals surface area contributed by atoms with Gasteiger partial charge >= 0.3 is 11.9 Å². The molecule has 63 heavy (non-hydrogen) atoms. The Balaban J connectivity index is 1.40. The molecule has 2 aliphatic rings. The van der Waals surface area contributed by atoms with Crippen LogP contribution in [0.5, 0.6) is 5.75 Å². The first-order chi connectivity index (χ1) is 30.8. The number of esters is 2. The molecule has 4 aromatic carbocycles. The molecule has 16 heteroatoms. The maximum Gasteiger partial charge on any atom is 0.337 e. The van der Waals surface area contributed by atoms with Crippen LogP contribution in [-0.2, 0) is 83.4 Å². The van der Waals surface area contributed by atoms with Gasteiger partial charge in [-0.3, -0.25) is 4.79 Å². The van der Waals surface area contributed by atoms with Crippen molar-refractivity contribution in [1.82, 2.24) is 0 Å². The predicted molar refractivity (Wildman–Crippen MR) is 227 cm³/mol. The second-order valence-electron chi connectivity index (χ2n) is 14.6. The van der Waals surface area contributed by atoms with Crippen LogP contribution in [0.4, 0.5) is 0 Å². The van der Waals surface area contributed by atoms with Gasteiger partial charge in [0.1, 0.15) is 42.3 Å². The van der Waals surface area contributed by atoms with Crippen LogP contribution < -0.4 is 4.74 Å². The molecule has 2 saturated heterocycles. The molecule has 0 aliphatic carbocycles. The molecule has 2 heterocycles. The Bertz CT molecular complexity index is 2060. The number of hydrogen-bond acceptors (Lipinski definition) is 14. The Morgan fingerprint density at radius 2 is 1.24 bits per heavy atom. The number of hydrogen-bond donors (Lipinski definition) is 0. The van der Waals surface area contributed by atoms with Crippen LogP contribution >= 0.6 is 0 Å². The molecule has 10 atom stereocenters. The number of benzene rings is 4. The molecule has 4 aromatic rings. The Hall–Kier alpha value is -5.65. The highest BCUT2D eigenvalue weighted by Gasteiger charge is 2.56. The fourth-order valence-corrected chi connectivity index (χ4v) is 7.25. The van der Waals surface area contributed by atoms with Crippen molar-refractivity contribution in [3.8, 4) is 5.75 Å². The van der Waals surface area contributed by atoms with Crippen molar-refractivity contribution in [2.24, 2.45) is 5.11 Å². The minimum Gasteiger partial charge on any atom is -0.497 e. The first kappa shape index (κ1) is 46.8. The lowest BCUT2D eigenvalue weighted by atomic mass is 9.95. The van der Waals surface area contributed by atoms with Crippen molar-refractivity contribution in [2.75, 3.05) is 27.4 Å². The average molecular weight is 868 g/mol. The third-order valence-electron chi connectivity index (χ3n) is 10.3. The van der Waals surface area contributed by atoms with E-state index in [2.05, 4.69) is 16.6 Å². The second kappa shape index (κ2) is 24.3. The summed E-state index contributed by atoms with van der Waals surface area (Å²) in [5.74, 6) is -0.850. The number of ether oxygens (including phenoxy) is 11. The summed E-state index contributed by atoms with van der Waals surface area (Å²) in [4.78, 5) is 30.0. The number of nitrogens with zero attached hydrogens (tertiary/aromatic N) is 3. The van der Waals surface area contributed by atoms with E-state index in [0.717, 1.165) is 22.3 Å². The van der Waals surface area contributed by atoms with Gasteiger partial charge in [-0.15, -0.1) is 6.58 Å². The zero-order valence-electron chi connectivity index (χ0n) is 35.4. The highest BCUT2D eigenvalue weighted by Crippen LogP contribution is 2.36. The minimum atomic E-state index is -1.55. The first-order valence-corrected chi connectivity index (χ1v) is 20.5. The smallest absolute Gasteiger partial charge is 0.337 e. The van der Waals surface area contributed by atoms with Crippen LogP contribution in [0.3, 0.4) is 0 Å². The van der Waals surface area contributed by atoms with E-state index in [9.17, 15) is 15.1 Å². The minimum absolute atomic E-state index is 0.00165. The van der Waals surface area contributed by atoms with Crippen LogP contribution in [0.1, 0.15) is 29.2 Å². The van der Waals surface area contributed by atoms with E-state index in [-0.39, 0.29) is 39.6 Å². The predicted octanol–water partition coefficient (Wildman–Crippen LogP) is 6.79. The van der Waals surface area contributed by atoms with Crippen LogP contribution in [0.15, 0.2) is 133 Å². The average Bonchev–Trinajstić information content (AvgIpc) is 3.31. The van der Waals surface area contributed by atoms with Gasteiger partial charge in [0.05, 0.1) is 53.9 Å². The van der Waals surface area contributed by atoms with E-state index in [1.54, 1.807) is 19.2 Å². The van der Waals surface area contributed by atoms with Crippen molar-refractivity contribution in [3.05, 3.63) is 161 Å². The molecule has 0 aromatic heterocycles. The van der Waals surface area contributed by atoms with Crippen molar-refractivity contribution < 1.29 is 61.7 Å². The highest BCUT2D eigenvalue weighted by molar-refractivity contribution is 5.75. The Morgan fingerprint density at radius 1 is 0.683 bits per heavy atom. The number of methoxy groups -OCH3 is 2. The number of carbonyl (C=O) groups is 2. The second-order valence-corrected chi connectivity index (χ2v) is 14.6. The van der Waals surface area contributed by atoms with Gasteiger partial charge < -0.3 is 52.1 Å². The molecule has 0 spiro atoms. The summed E-state index contributed by atoms with van der Waals surface area (Å²) in [6, 6.07) is 34.3.